The van der Waals surface area contributed by atoms with Crippen molar-refractivity contribution in [2.24, 2.45) is 0 Å². The number of pyridine rings is 1. The molecular weight excluding hydrogens is 654 g/mol. The minimum absolute atomic E-state index is 0.0711. The Labute approximate surface area is 286 Å². The van der Waals surface area contributed by atoms with Gasteiger partial charge in [0.1, 0.15) is 11.5 Å². The Morgan fingerprint density at radius 2 is 1.67 bits per heavy atom. The molecule has 3 aromatic carbocycles. The highest BCUT2D eigenvalue weighted by Crippen LogP contribution is 2.28. The number of amides is 2. The van der Waals surface area contributed by atoms with Gasteiger partial charge < -0.3 is 25.0 Å². The number of hydrogen-bond acceptors (Lipinski definition) is 8. The summed E-state index contributed by atoms with van der Waals surface area (Å²) in [6, 6.07) is 18.3. The molecule has 4 aromatic rings. The van der Waals surface area contributed by atoms with Crippen molar-refractivity contribution in [2.75, 3.05) is 57.6 Å². The largest absolute Gasteiger partial charge is 0.497 e. The average Bonchev–Trinajstić information content (AvgIpc) is 3.10. The molecule has 1 fully saturated rings. The Bertz CT molecular complexity index is 1880. The molecule has 2 N–H and O–H groups in total. The number of halogens is 1. The van der Waals surface area contributed by atoms with Crippen molar-refractivity contribution < 1.29 is 27.5 Å². The van der Waals surface area contributed by atoms with Crippen molar-refractivity contribution in [3.8, 4) is 11.5 Å². The van der Waals surface area contributed by atoms with Gasteiger partial charge in [-0.15, -0.1) is 0 Å². The first kappa shape index (κ1) is 34.9. The maximum absolute atomic E-state index is 13.8. The maximum atomic E-state index is 13.8. The van der Waals surface area contributed by atoms with Gasteiger partial charge in [0.05, 0.1) is 30.3 Å². The van der Waals surface area contributed by atoms with Crippen LogP contribution < -0.4 is 20.1 Å². The molecule has 0 aliphatic carbocycles. The van der Waals surface area contributed by atoms with Crippen molar-refractivity contribution in [2.45, 2.75) is 37.5 Å². The molecule has 0 saturated carbocycles. The first-order valence-corrected chi connectivity index (χ1v) is 17.6. The number of benzene rings is 3. The van der Waals surface area contributed by atoms with Gasteiger partial charge >= 0.3 is 0 Å². The number of nitrogens with one attached hydrogen (secondary N) is 2. The molecule has 0 radical (unpaired) electrons. The van der Waals surface area contributed by atoms with Crippen LogP contribution in [0.1, 0.15) is 41.7 Å². The van der Waals surface area contributed by atoms with Crippen LogP contribution in [0.3, 0.4) is 0 Å². The van der Waals surface area contributed by atoms with Crippen molar-refractivity contribution in [3.05, 3.63) is 83.0 Å². The number of aryl methyl sites for hydroxylation is 1. The SMILES string of the molecule is COc1ccc(S(=O)(=O)N(CCNc2cc(C)nc3ccc(Cl)cc23)CCC(=O)Nc2ccc(C(=O)N3CCCCC3)cc2OC)cc1. The number of fused-ring (bicyclic) bond motifs is 1. The van der Waals surface area contributed by atoms with Crippen LogP contribution in [0.5, 0.6) is 11.5 Å². The molecule has 11 nitrogen and oxygen atoms in total. The Morgan fingerprint density at radius 3 is 2.38 bits per heavy atom. The molecule has 1 aromatic heterocycles. The van der Waals surface area contributed by atoms with E-state index in [-0.39, 0.29) is 36.9 Å². The number of likely N-dealkylation sites (tertiary alicyclic amines) is 1. The summed E-state index contributed by atoms with van der Waals surface area (Å²) in [7, 11) is -1.01. The van der Waals surface area contributed by atoms with E-state index in [2.05, 4.69) is 15.6 Å². The van der Waals surface area contributed by atoms with Crippen LogP contribution in [0.2, 0.25) is 5.02 Å². The van der Waals surface area contributed by atoms with Crippen LogP contribution in [0.25, 0.3) is 10.9 Å². The number of anilines is 2. The van der Waals surface area contributed by atoms with E-state index in [4.69, 9.17) is 21.1 Å². The third-order valence-corrected chi connectivity index (χ3v) is 10.4. The lowest BCUT2D eigenvalue weighted by atomic mass is 10.1. The minimum Gasteiger partial charge on any atom is -0.497 e. The summed E-state index contributed by atoms with van der Waals surface area (Å²) in [5, 5.41) is 7.53. The lowest BCUT2D eigenvalue weighted by molar-refractivity contribution is -0.116. The standard InChI is InChI=1S/C35H40ClN5O6S/c1-24-21-32(29-23-26(36)8-14-30(29)38-24)37-16-20-41(48(44,45)28-11-9-27(46-2)10-12-28)19-15-34(42)39-31-13-7-25(22-33(31)47-3)35(43)40-17-5-4-6-18-40/h7-14,21-23H,4-6,15-20H2,1-3H3,(H,37,38)(H,39,42). The van der Waals surface area contributed by atoms with Crippen LogP contribution in [0.15, 0.2) is 71.6 Å². The zero-order chi connectivity index (χ0) is 34.3. The Morgan fingerprint density at radius 1 is 0.917 bits per heavy atom. The van der Waals surface area contributed by atoms with Crippen molar-refractivity contribution >= 4 is 55.7 Å². The van der Waals surface area contributed by atoms with Crippen molar-refractivity contribution in [1.82, 2.24) is 14.2 Å². The number of carbonyl (C=O) groups is 2. The predicted molar refractivity (Wildman–Crippen MR) is 188 cm³/mol. The van der Waals surface area contributed by atoms with Gasteiger partial charge in [-0.2, -0.15) is 4.31 Å². The number of sulfonamides is 1. The average molecular weight is 694 g/mol. The van der Waals surface area contributed by atoms with Crippen LogP contribution in [0.4, 0.5) is 11.4 Å². The number of nitrogens with zero attached hydrogens (tertiary/aromatic N) is 3. The number of carbonyl (C=O) groups excluding carboxylic acids is 2. The van der Waals surface area contributed by atoms with E-state index < -0.39 is 15.9 Å². The number of methoxy groups -OCH3 is 2. The molecular formula is C35H40ClN5O6S. The van der Waals surface area contributed by atoms with E-state index in [1.54, 1.807) is 36.4 Å². The van der Waals surface area contributed by atoms with Crippen LogP contribution in [0, 0.1) is 6.92 Å². The second-order valence-electron chi connectivity index (χ2n) is 11.5. The maximum Gasteiger partial charge on any atom is 0.253 e. The minimum atomic E-state index is -3.99. The Hall–Kier alpha value is -4.39. The molecule has 0 spiro atoms. The molecule has 2 heterocycles. The quantitative estimate of drug-likeness (QED) is 0.175. The van der Waals surface area contributed by atoms with Gasteiger partial charge in [0.25, 0.3) is 5.91 Å². The number of piperidine rings is 1. The fourth-order valence-electron chi connectivity index (χ4n) is 5.69. The van der Waals surface area contributed by atoms with Crippen LogP contribution in [-0.4, -0.2) is 81.4 Å². The molecule has 13 heteroatoms. The molecule has 0 atom stereocenters. The first-order chi connectivity index (χ1) is 23.1. The smallest absolute Gasteiger partial charge is 0.253 e. The Kier molecular flexibility index (Phi) is 11.4. The summed E-state index contributed by atoms with van der Waals surface area (Å²) < 4.78 is 39.6. The lowest BCUT2D eigenvalue weighted by Gasteiger charge is -2.27. The van der Waals surface area contributed by atoms with Gasteiger partial charge in [-0.05, 0) is 92.9 Å². The summed E-state index contributed by atoms with van der Waals surface area (Å²) in [6.07, 6.45) is 2.95. The van der Waals surface area contributed by atoms with Crippen LogP contribution >= 0.6 is 11.6 Å². The first-order valence-electron chi connectivity index (χ1n) is 15.8. The molecule has 48 heavy (non-hydrogen) atoms. The fourth-order valence-corrected chi connectivity index (χ4v) is 7.30. The van der Waals surface area contributed by atoms with Gasteiger partial charge in [-0.3, -0.25) is 14.6 Å². The molecule has 5 rings (SSSR count). The summed E-state index contributed by atoms with van der Waals surface area (Å²) in [5.41, 5.74) is 3.21. The zero-order valence-corrected chi connectivity index (χ0v) is 28.9. The third-order valence-electron chi connectivity index (χ3n) is 8.23. The van der Waals surface area contributed by atoms with Gasteiger partial charge in [-0.1, -0.05) is 11.6 Å². The highest BCUT2D eigenvalue weighted by molar-refractivity contribution is 7.89. The summed E-state index contributed by atoms with van der Waals surface area (Å²) in [4.78, 5) is 32.7. The zero-order valence-electron chi connectivity index (χ0n) is 27.3. The highest BCUT2D eigenvalue weighted by atomic mass is 35.5. The fraction of sp³-hybridized carbons (Fsp3) is 0.343. The van der Waals surface area contributed by atoms with E-state index in [0.29, 0.717) is 27.8 Å². The van der Waals surface area contributed by atoms with E-state index in [9.17, 15) is 18.0 Å². The van der Waals surface area contributed by atoms with Crippen molar-refractivity contribution in [1.29, 1.82) is 0 Å². The number of hydrogen-bond donors (Lipinski definition) is 2. The van der Waals surface area contributed by atoms with E-state index in [0.717, 1.165) is 54.6 Å². The number of rotatable bonds is 13. The second-order valence-corrected chi connectivity index (χ2v) is 13.9. The topological polar surface area (TPSA) is 130 Å². The molecule has 1 aliphatic rings. The molecule has 0 unspecified atom stereocenters. The molecule has 254 valence electrons. The van der Waals surface area contributed by atoms with Gasteiger partial charge in [-0.25, -0.2) is 8.42 Å². The molecule has 1 saturated heterocycles. The van der Waals surface area contributed by atoms with Gasteiger partial charge in [0.15, 0.2) is 0 Å². The molecule has 0 bridgehead atoms. The molecule has 1 aliphatic heterocycles. The normalized spacial score (nSPS) is 13.4. The summed E-state index contributed by atoms with van der Waals surface area (Å²) >= 11 is 6.25. The summed E-state index contributed by atoms with van der Waals surface area (Å²) in [5.74, 6) is 0.393. The molecule has 2 amide bonds. The van der Waals surface area contributed by atoms with Gasteiger partial charge in [0.2, 0.25) is 15.9 Å². The third kappa shape index (κ3) is 8.36. The van der Waals surface area contributed by atoms with Crippen LogP contribution in [-0.2, 0) is 14.8 Å². The van der Waals surface area contributed by atoms with E-state index in [1.807, 2.05) is 30.0 Å². The predicted octanol–water partition coefficient (Wildman–Crippen LogP) is 5.97. The summed E-state index contributed by atoms with van der Waals surface area (Å²) in [6.45, 7) is 3.56. The monoisotopic (exact) mass is 693 g/mol. The second kappa shape index (κ2) is 15.7. The Balaban J connectivity index is 1.30. The van der Waals surface area contributed by atoms with Gasteiger partial charge in [0, 0.05) is 66.5 Å². The van der Waals surface area contributed by atoms with E-state index in [1.165, 1.54) is 30.7 Å². The highest BCUT2D eigenvalue weighted by Gasteiger charge is 2.26. The number of aromatic nitrogens is 1. The number of ether oxygens (including phenoxy) is 2. The van der Waals surface area contributed by atoms with Crippen molar-refractivity contribution in [3.63, 3.8) is 0 Å². The lowest BCUT2D eigenvalue weighted by Crippen LogP contribution is -2.37. The van der Waals surface area contributed by atoms with E-state index >= 15 is 0 Å².